The summed E-state index contributed by atoms with van der Waals surface area (Å²) in [5, 5.41) is 4.44. The lowest BCUT2D eigenvalue weighted by molar-refractivity contribution is 0.116. The lowest BCUT2D eigenvalue weighted by Gasteiger charge is -2.40. The molecule has 2 atom stereocenters. The molecule has 0 spiro atoms. The first-order chi connectivity index (χ1) is 8.56. The fourth-order valence-electron chi connectivity index (χ4n) is 2.44. The van der Waals surface area contributed by atoms with Crippen LogP contribution in [0.15, 0.2) is 24.3 Å². The Bertz CT molecular complexity index is 375. The second-order valence-electron chi connectivity index (χ2n) is 5.66. The van der Waals surface area contributed by atoms with Gasteiger partial charge in [0.1, 0.15) is 0 Å². The summed E-state index contributed by atoms with van der Waals surface area (Å²) in [4.78, 5) is 2.56. The second kappa shape index (κ2) is 6.05. The minimum atomic E-state index is 0.593. The standard InChI is InChI=1S/C15H23ClN2/c1-11(2)15-10-18(12(3)8-17-15)9-13-4-6-14(16)7-5-13/h4-7,11-12,15,17H,8-10H2,1-3H3. The molecule has 0 radical (unpaired) electrons. The number of nitrogens with zero attached hydrogens (tertiary/aromatic N) is 1. The van der Waals surface area contributed by atoms with E-state index < -0.39 is 0 Å². The van der Waals surface area contributed by atoms with Crippen LogP contribution in [0.1, 0.15) is 26.3 Å². The van der Waals surface area contributed by atoms with Crippen LogP contribution in [0.2, 0.25) is 5.02 Å². The Balaban J connectivity index is 2.00. The quantitative estimate of drug-likeness (QED) is 0.904. The fourth-order valence-corrected chi connectivity index (χ4v) is 2.57. The van der Waals surface area contributed by atoms with E-state index in [1.54, 1.807) is 0 Å². The van der Waals surface area contributed by atoms with Gasteiger partial charge in [-0.05, 0) is 30.5 Å². The molecule has 0 aliphatic carbocycles. The van der Waals surface area contributed by atoms with Gasteiger partial charge in [-0.3, -0.25) is 4.90 Å². The van der Waals surface area contributed by atoms with Crippen LogP contribution in [0.25, 0.3) is 0 Å². The molecule has 0 saturated carbocycles. The van der Waals surface area contributed by atoms with E-state index in [1.807, 2.05) is 12.1 Å². The summed E-state index contributed by atoms with van der Waals surface area (Å²) in [5.74, 6) is 0.685. The topological polar surface area (TPSA) is 15.3 Å². The van der Waals surface area contributed by atoms with E-state index in [4.69, 9.17) is 11.6 Å². The van der Waals surface area contributed by atoms with E-state index >= 15 is 0 Å². The van der Waals surface area contributed by atoms with E-state index in [0.29, 0.717) is 18.0 Å². The number of benzene rings is 1. The van der Waals surface area contributed by atoms with Crippen molar-refractivity contribution in [3.63, 3.8) is 0 Å². The van der Waals surface area contributed by atoms with Crippen molar-refractivity contribution in [2.24, 2.45) is 5.92 Å². The van der Waals surface area contributed by atoms with E-state index in [-0.39, 0.29) is 0 Å². The molecule has 2 rings (SSSR count). The van der Waals surface area contributed by atoms with Gasteiger partial charge in [0, 0.05) is 36.7 Å². The van der Waals surface area contributed by atoms with Crippen LogP contribution >= 0.6 is 11.6 Å². The summed E-state index contributed by atoms with van der Waals surface area (Å²) in [6.07, 6.45) is 0. The first-order valence-electron chi connectivity index (χ1n) is 6.78. The Morgan fingerprint density at radius 3 is 2.61 bits per heavy atom. The molecule has 0 amide bonds. The van der Waals surface area contributed by atoms with Gasteiger partial charge in [0.25, 0.3) is 0 Å². The lowest BCUT2D eigenvalue weighted by atomic mass is 9.99. The summed E-state index contributed by atoms with van der Waals surface area (Å²) in [7, 11) is 0. The van der Waals surface area contributed by atoms with Gasteiger partial charge in [0.15, 0.2) is 0 Å². The van der Waals surface area contributed by atoms with Gasteiger partial charge in [0.05, 0.1) is 0 Å². The number of nitrogens with one attached hydrogen (secondary N) is 1. The van der Waals surface area contributed by atoms with E-state index in [9.17, 15) is 0 Å². The van der Waals surface area contributed by atoms with Crippen LogP contribution in [0, 0.1) is 5.92 Å². The maximum atomic E-state index is 5.92. The first kappa shape index (κ1) is 13.9. The molecule has 1 aliphatic rings. The molecule has 1 aliphatic heterocycles. The lowest BCUT2D eigenvalue weighted by Crippen LogP contribution is -2.56. The molecule has 3 heteroatoms. The smallest absolute Gasteiger partial charge is 0.0406 e. The van der Waals surface area contributed by atoms with Crippen LogP contribution in [0.3, 0.4) is 0 Å². The highest BCUT2D eigenvalue weighted by molar-refractivity contribution is 6.30. The zero-order chi connectivity index (χ0) is 13.1. The Kier molecular flexibility index (Phi) is 4.66. The summed E-state index contributed by atoms with van der Waals surface area (Å²) in [5.41, 5.74) is 1.34. The maximum absolute atomic E-state index is 5.92. The summed E-state index contributed by atoms with van der Waals surface area (Å²) < 4.78 is 0. The highest BCUT2D eigenvalue weighted by atomic mass is 35.5. The van der Waals surface area contributed by atoms with Gasteiger partial charge in [-0.1, -0.05) is 37.6 Å². The second-order valence-corrected chi connectivity index (χ2v) is 6.10. The third-order valence-electron chi connectivity index (χ3n) is 3.83. The Labute approximate surface area is 115 Å². The molecule has 1 aromatic carbocycles. The molecular weight excluding hydrogens is 244 g/mol. The summed E-state index contributed by atoms with van der Waals surface area (Å²) in [6.45, 7) is 10.1. The summed E-state index contributed by atoms with van der Waals surface area (Å²) >= 11 is 5.92. The van der Waals surface area contributed by atoms with E-state index in [0.717, 1.165) is 24.7 Å². The molecule has 1 N–H and O–H groups in total. The molecule has 1 saturated heterocycles. The van der Waals surface area contributed by atoms with Crippen LogP contribution in [-0.2, 0) is 6.54 Å². The van der Waals surface area contributed by atoms with E-state index in [2.05, 4.69) is 43.1 Å². The summed E-state index contributed by atoms with van der Waals surface area (Å²) in [6, 6.07) is 9.40. The fraction of sp³-hybridized carbons (Fsp3) is 0.600. The normalized spacial score (nSPS) is 25.6. The van der Waals surface area contributed by atoms with Crippen LogP contribution in [0.4, 0.5) is 0 Å². The molecule has 2 nitrogen and oxygen atoms in total. The molecule has 2 unspecified atom stereocenters. The van der Waals surface area contributed by atoms with Gasteiger partial charge in [-0.25, -0.2) is 0 Å². The number of rotatable bonds is 3. The Morgan fingerprint density at radius 1 is 1.33 bits per heavy atom. The van der Waals surface area contributed by atoms with Crippen molar-refractivity contribution in [2.75, 3.05) is 13.1 Å². The van der Waals surface area contributed by atoms with Crippen molar-refractivity contribution in [1.82, 2.24) is 10.2 Å². The van der Waals surface area contributed by atoms with Crippen LogP contribution < -0.4 is 5.32 Å². The van der Waals surface area contributed by atoms with Gasteiger partial charge >= 0.3 is 0 Å². The molecular formula is C15H23ClN2. The van der Waals surface area contributed by atoms with Crippen LogP contribution in [-0.4, -0.2) is 30.1 Å². The monoisotopic (exact) mass is 266 g/mol. The van der Waals surface area contributed by atoms with E-state index in [1.165, 1.54) is 5.56 Å². The molecule has 1 fully saturated rings. The first-order valence-corrected chi connectivity index (χ1v) is 7.16. The molecule has 0 bridgehead atoms. The number of halogens is 1. The molecule has 1 aromatic rings. The number of hydrogen-bond donors (Lipinski definition) is 1. The van der Waals surface area contributed by atoms with Crippen LogP contribution in [0.5, 0.6) is 0 Å². The molecule has 1 heterocycles. The Morgan fingerprint density at radius 2 is 2.00 bits per heavy atom. The third-order valence-corrected chi connectivity index (χ3v) is 4.09. The zero-order valence-electron chi connectivity index (χ0n) is 11.5. The third kappa shape index (κ3) is 3.47. The van der Waals surface area contributed by atoms with Crippen molar-refractivity contribution in [3.8, 4) is 0 Å². The average molecular weight is 267 g/mol. The minimum absolute atomic E-state index is 0.593. The van der Waals surface area contributed by atoms with Crippen molar-refractivity contribution in [1.29, 1.82) is 0 Å². The van der Waals surface area contributed by atoms with Gasteiger partial charge < -0.3 is 5.32 Å². The minimum Gasteiger partial charge on any atom is -0.311 e. The largest absolute Gasteiger partial charge is 0.311 e. The predicted octanol–water partition coefficient (Wildman–Crippen LogP) is 3.16. The highest BCUT2D eigenvalue weighted by Gasteiger charge is 2.26. The van der Waals surface area contributed by atoms with Gasteiger partial charge in [0.2, 0.25) is 0 Å². The highest BCUT2D eigenvalue weighted by Crippen LogP contribution is 2.17. The zero-order valence-corrected chi connectivity index (χ0v) is 12.2. The molecule has 0 aromatic heterocycles. The van der Waals surface area contributed by atoms with Crippen molar-refractivity contribution in [2.45, 2.75) is 39.4 Å². The van der Waals surface area contributed by atoms with Crippen molar-refractivity contribution < 1.29 is 0 Å². The van der Waals surface area contributed by atoms with Gasteiger partial charge in [-0.15, -0.1) is 0 Å². The number of hydrogen-bond acceptors (Lipinski definition) is 2. The predicted molar refractivity (Wildman–Crippen MR) is 78.0 cm³/mol. The maximum Gasteiger partial charge on any atom is 0.0406 e. The van der Waals surface area contributed by atoms with Gasteiger partial charge in [-0.2, -0.15) is 0 Å². The number of piperazine rings is 1. The molecule has 18 heavy (non-hydrogen) atoms. The molecule has 100 valence electrons. The SMILES string of the molecule is CC(C)C1CN(Cc2ccc(Cl)cc2)C(C)CN1. The van der Waals surface area contributed by atoms with Crippen molar-refractivity contribution >= 4 is 11.6 Å². The Hall–Kier alpha value is -0.570. The average Bonchev–Trinajstić information content (AvgIpc) is 2.34. The van der Waals surface area contributed by atoms with Crippen molar-refractivity contribution in [3.05, 3.63) is 34.9 Å².